The van der Waals surface area contributed by atoms with Gasteiger partial charge in [-0.1, -0.05) is 6.92 Å². The van der Waals surface area contributed by atoms with Gasteiger partial charge in [0.15, 0.2) is 0 Å². The molecule has 0 bridgehead atoms. The molecule has 0 amide bonds. The summed E-state index contributed by atoms with van der Waals surface area (Å²) in [6, 6.07) is 0. The summed E-state index contributed by atoms with van der Waals surface area (Å²) in [4.78, 5) is 10.8. The molecule has 0 aliphatic carbocycles. The number of rotatable bonds is 5. The molecule has 0 fully saturated rings. The SMILES string of the molecule is CCCC(=O)CCCS. The quantitative estimate of drug-likeness (QED) is 0.587. The molecule has 9 heavy (non-hydrogen) atoms. The average molecular weight is 146 g/mol. The zero-order valence-electron chi connectivity index (χ0n) is 5.89. The first-order chi connectivity index (χ1) is 4.31. The monoisotopic (exact) mass is 146 g/mol. The van der Waals surface area contributed by atoms with Gasteiger partial charge in [0, 0.05) is 12.8 Å². The van der Waals surface area contributed by atoms with E-state index in [0.717, 1.165) is 31.4 Å². The van der Waals surface area contributed by atoms with E-state index in [1.165, 1.54) is 0 Å². The van der Waals surface area contributed by atoms with E-state index in [1.54, 1.807) is 0 Å². The van der Waals surface area contributed by atoms with Crippen LogP contribution in [0.5, 0.6) is 0 Å². The van der Waals surface area contributed by atoms with Crippen molar-refractivity contribution in [3.05, 3.63) is 0 Å². The topological polar surface area (TPSA) is 17.1 Å². The van der Waals surface area contributed by atoms with E-state index >= 15 is 0 Å². The zero-order chi connectivity index (χ0) is 7.11. The number of hydrogen-bond donors (Lipinski definition) is 1. The molecule has 2 heteroatoms. The second kappa shape index (κ2) is 6.14. The van der Waals surface area contributed by atoms with Crippen LogP contribution in [0.25, 0.3) is 0 Å². The van der Waals surface area contributed by atoms with Gasteiger partial charge in [0.1, 0.15) is 5.78 Å². The van der Waals surface area contributed by atoms with E-state index in [9.17, 15) is 4.79 Å². The van der Waals surface area contributed by atoms with Gasteiger partial charge in [0.05, 0.1) is 0 Å². The zero-order valence-corrected chi connectivity index (χ0v) is 6.79. The summed E-state index contributed by atoms with van der Waals surface area (Å²) in [5.74, 6) is 1.21. The highest BCUT2D eigenvalue weighted by Gasteiger charge is 1.96. The maximum Gasteiger partial charge on any atom is 0.132 e. The summed E-state index contributed by atoms with van der Waals surface area (Å²) in [5.41, 5.74) is 0. The Bertz CT molecular complexity index is 81.0. The molecular weight excluding hydrogens is 132 g/mol. The second-order valence-corrected chi connectivity index (χ2v) is 2.56. The van der Waals surface area contributed by atoms with E-state index in [1.807, 2.05) is 6.92 Å². The van der Waals surface area contributed by atoms with Crippen molar-refractivity contribution in [2.45, 2.75) is 32.6 Å². The lowest BCUT2D eigenvalue weighted by atomic mass is 10.1. The molecule has 0 saturated carbocycles. The molecular formula is C7H14OS. The minimum Gasteiger partial charge on any atom is -0.300 e. The van der Waals surface area contributed by atoms with Gasteiger partial charge in [0.25, 0.3) is 0 Å². The van der Waals surface area contributed by atoms with Crippen molar-refractivity contribution >= 4 is 18.4 Å². The number of hydrogen-bond acceptors (Lipinski definition) is 2. The first-order valence-electron chi connectivity index (χ1n) is 3.43. The Labute approximate surface area is 62.2 Å². The van der Waals surface area contributed by atoms with E-state index in [2.05, 4.69) is 12.6 Å². The fraction of sp³-hybridized carbons (Fsp3) is 0.857. The minimum absolute atomic E-state index is 0.381. The standard InChI is InChI=1S/C7H14OS/c1-2-4-7(8)5-3-6-9/h9H,2-6H2,1H3. The minimum atomic E-state index is 0.381. The van der Waals surface area contributed by atoms with Crippen LogP contribution in [0, 0.1) is 0 Å². The van der Waals surface area contributed by atoms with Gasteiger partial charge in [0.2, 0.25) is 0 Å². The van der Waals surface area contributed by atoms with Crippen molar-refractivity contribution in [1.82, 2.24) is 0 Å². The van der Waals surface area contributed by atoms with Gasteiger partial charge < -0.3 is 0 Å². The largest absolute Gasteiger partial charge is 0.300 e. The highest BCUT2D eigenvalue weighted by molar-refractivity contribution is 7.80. The Morgan fingerprint density at radius 1 is 1.44 bits per heavy atom. The molecule has 0 saturated heterocycles. The van der Waals surface area contributed by atoms with E-state index in [-0.39, 0.29) is 0 Å². The van der Waals surface area contributed by atoms with Crippen LogP contribution in [0.4, 0.5) is 0 Å². The lowest BCUT2D eigenvalue weighted by molar-refractivity contribution is -0.119. The highest BCUT2D eigenvalue weighted by Crippen LogP contribution is 1.98. The van der Waals surface area contributed by atoms with Crippen LogP contribution >= 0.6 is 12.6 Å². The number of carbonyl (C=O) groups excluding carboxylic acids is 1. The second-order valence-electron chi connectivity index (χ2n) is 2.12. The van der Waals surface area contributed by atoms with Crippen molar-refractivity contribution < 1.29 is 4.79 Å². The predicted molar refractivity (Wildman–Crippen MR) is 43.0 cm³/mol. The van der Waals surface area contributed by atoms with Crippen LogP contribution < -0.4 is 0 Å². The van der Waals surface area contributed by atoms with E-state index in [4.69, 9.17) is 0 Å². The molecule has 0 aliphatic rings. The Morgan fingerprint density at radius 3 is 2.56 bits per heavy atom. The predicted octanol–water partition coefficient (Wildman–Crippen LogP) is 2.07. The van der Waals surface area contributed by atoms with Crippen LogP contribution in [-0.4, -0.2) is 11.5 Å². The average Bonchev–Trinajstić information content (AvgIpc) is 1.85. The normalized spacial score (nSPS) is 9.56. The summed E-state index contributed by atoms with van der Waals surface area (Å²) in [5, 5.41) is 0. The molecule has 0 N–H and O–H groups in total. The Morgan fingerprint density at radius 2 is 2.11 bits per heavy atom. The van der Waals surface area contributed by atoms with Crippen molar-refractivity contribution in [1.29, 1.82) is 0 Å². The number of Topliss-reactive ketones (excluding diaryl/α,β-unsaturated/α-hetero) is 1. The van der Waals surface area contributed by atoms with Crippen molar-refractivity contribution in [3.8, 4) is 0 Å². The fourth-order valence-corrected chi connectivity index (χ4v) is 0.838. The first-order valence-corrected chi connectivity index (χ1v) is 4.07. The molecule has 0 spiro atoms. The van der Waals surface area contributed by atoms with Crippen LogP contribution in [0.3, 0.4) is 0 Å². The molecule has 0 aromatic rings. The third-order valence-corrected chi connectivity index (χ3v) is 1.46. The van der Waals surface area contributed by atoms with Crippen LogP contribution in [0.2, 0.25) is 0 Å². The number of thiol groups is 1. The van der Waals surface area contributed by atoms with Crippen molar-refractivity contribution in [2.24, 2.45) is 0 Å². The Kier molecular flexibility index (Phi) is 6.16. The van der Waals surface area contributed by atoms with E-state index < -0.39 is 0 Å². The molecule has 0 aliphatic heterocycles. The Hall–Kier alpha value is 0.0200. The molecule has 1 nitrogen and oxygen atoms in total. The molecule has 0 unspecified atom stereocenters. The third-order valence-electron chi connectivity index (χ3n) is 1.14. The summed E-state index contributed by atoms with van der Waals surface area (Å²) in [6.45, 7) is 2.03. The third kappa shape index (κ3) is 5.90. The number of ketones is 1. The van der Waals surface area contributed by atoms with Crippen LogP contribution in [0.1, 0.15) is 32.6 Å². The maximum absolute atomic E-state index is 10.8. The van der Waals surface area contributed by atoms with E-state index in [0.29, 0.717) is 5.78 Å². The molecule has 0 rings (SSSR count). The maximum atomic E-state index is 10.8. The first kappa shape index (κ1) is 9.02. The molecule has 0 heterocycles. The summed E-state index contributed by atoms with van der Waals surface area (Å²) in [6.07, 6.45) is 3.37. The van der Waals surface area contributed by atoms with Gasteiger partial charge in [-0.15, -0.1) is 0 Å². The van der Waals surface area contributed by atoms with Crippen LogP contribution in [-0.2, 0) is 4.79 Å². The van der Waals surface area contributed by atoms with Crippen molar-refractivity contribution in [3.63, 3.8) is 0 Å². The van der Waals surface area contributed by atoms with Gasteiger partial charge >= 0.3 is 0 Å². The van der Waals surface area contributed by atoms with Gasteiger partial charge in [-0.2, -0.15) is 12.6 Å². The summed E-state index contributed by atoms with van der Waals surface area (Å²) >= 11 is 4.01. The lowest BCUT2D eigenvalue weighted by Gasteiger charge is -1.93. The van der Waals surface area contributed by atoms with Gasteiger partial charge in [-0.05, 0) is 18.6 Å². The molecule has 54 valence electrons. The van der Waals surface area contributed by atoms with Gasteiger partial charge in [-0.3, -0.25) is 4.79 Å². The number of carbonyl (C=O) groups is 1. The summed E-state index contributed by atoms with van der Waals surface area (Å²) < 4.78 is 0. The van der Waals surface area contributed by atoms with Crippen molar-refractivity contribution in [2.75, 3.05) is 5.75 Å². The smallest absolute Gasteiger partial charge is 0.132 e. The molecule has 0 aromatic carbocycles. The van der Waals surface area contributed by atoms with Gasteiger partial charge in [-0.25, -0.2) is 0 Å². The van der Waals surface area contributed by atoms with Crippen LogP contribution in [0.15, 0.2) is 0 Å². The molecule has 0 radical (unpaired) electrons. The summed E-state index contributed by atoms with van der Waals surface area (Å²) in [7, 11) is 0. The highest BCUT2D eigenvalue weighted by atomic mass is 32.1. The Balaban J connectivity index is 3.06. The lowest BCUT2D eigenvalue weighted by Crippen LogP contribution is -1.96. The fourth-order valence-electron chi connectivity index (χ4n) is 0.680. The molecule has 0 atom stereocenters. The molecule has 0 aromatic heterocycles.